The molecule has 2 saturated heterocycles. The van der Waals surface area contributed by atoms with E-state index in [4.69, 9.17) is 4.42 Å². The van der Waals surface area contributed by atoms with Gasteiger partial charge in [-0.15, -0.1) is 0 Å². The van der Waals surface area contributed by atoms with Gasteiger partial charge in [0, 0.05) is 58.0 Å². The Morgan fingerprint density at radius 2 is 2.04 bits per heavy atom. The molecule has 1 unspecified atom stereocenters. The van der Waals surface area contributed by atoms with Gasteiger partial charge in [-0.05, 0) is 26.0 Å². The van der Waals surface area contributed by atoms with Crippen molar-refractivity contribution >= 4 is 11.8 Å². The number of carbonyl (C=O) groups is 2. The van der Waals surface area contributed by atoms with E-state index in [-0.39, 0.29) is 17.2 Å². The Balaban J connectivity index is 1.80. The molecular weight excluding hydrogens is 306 g/mol. The molecule has 6 nitrogen and oxygen atoms in total. The predicted octanol–water partition coefficient (Wildman–Crippen LogP) is 1.49. The zero-order valence-corrected chi connectivity index (χ0v) is 14.9. The highest BCUT2D eigenvalue weighted by molar-refractivity contribution is 5.80. The van der Waals surface area contributed by atoms with Crippen LogP contribution < -0.4 is 0 Å². The second-order valence-corrected chi connectivity index (χ2v) is 7.25. The third kappa shape index (κ3) is 3.48. The van der Waals surface area contributed by atoms with E-state index in [0.717, 1.165) is 44.2 Å². The van der Waals surface area contributed by atoms with Crippen molar-refractivity contribution in [2.75, 3.05) is 39.3 Å². The SMILES string of the molecule is CCN1CC2(CC1=O)CN(Cc1ccc(C)o1)CCN(C(C)=O)C2. The van der Waals surface area contributed by atoms with Crippen LogP contribution in [-0.2, 0) is 16.1 Å². The number of nitrogens with zero attached hydrogens (tertiary/aromatic N) is 3. The molecule has 1 spiro atoms. The summed E-state index contributed by atoms with van der Waals surface area (Å²) >= 11 is 0. The van der Waals surface area contributed by atoms with Gasteiger partial charge < -0.3 is 14.2 Å². The lowest BCUT2D eigenvalue weighted by molar-refractivity contribution is -0.130. The lowest BCUT2D eigenvalue weighted by Gasteiger charge is -2.33. The first kappa shape index (κ1) is 17.0. The van der Waals surface area contributed by atoms with Gasteiger partial charge in [-0.3, -0.25) is 14.5 Å². The molecule has 3 rings (SSSR count). The molecule has 0 radical (unpaired) electrons. The van der Waals surface area contributed by atoms with Crippen molar-refractivity contribution in [2.45, 2.75) is 33.7 Å². The average Bonchev–Trinajstić information content (AvgIpc) is 3.00. The minimum atomic E-state index is -0.170. The standard InChI is InChI=1S/C18H27N3O3/c1-4-20-12-18(9-17(20)23)11-19(7-8-21(13-18)15(3)22)10-16-6-5-14(2)24-16/h5-6H,4,7-13H2,1-3H3. The molecule has 1 aromatic heterocycles. The summed E-state index contributed by atoms with van der Waals surface area (Å²) in [5.41, 5.74) is -0.170. The predicted molar refractivity (Wildman–Crippen MR) is 90.3 cm³/mol. The van der Waals surface area contributed by atoms with Crippen LogP contribution in [0.5, 0.6) is 0 Å². The quantitative estimate of drug-likeness (QED) is 0.841. The molecule has 132 valence electrons. The highest BCUT2D eigenvalue weighted by Gasteiger charge is 2.46. The molecule has 2 aliphatic heterocycles. The summed E-state index contributed by atoms with van der Waals surface area (Å²) in [6, 6.07) is 3.98. The first-order valence-corrected chi connectivity index (χ1v) is 8.72. The monoisotopic (exact) mass is 333 g/mol. The minimum Gasteiger partial charge on any atom is -0.465 e. The Morgan fingerprint density at radius 3 is 2.62 bits per heavy atom. The summed E-state index contributed by atoms with van der Waals surface area (Å²) in [6.07, 6.45) is 0.526. The molecular formula is C18H27N3O3. The molecule has 0 N–H and O–H groups in total. The van der Waals surface area contributed by atoms with Crippen LogP contribution in [0.2, 0.25) is 0 Å². The molecule has 2 fully saturated rings. The fourth-order valence-electron chi connectivity index (χ4n) is 4.03. The fraction of sp³-hybridized carbons (Fsp3) is 0.667. The summed E-state index contributed by atoms with van der Waals surface area (Å²) in [5.74, 6) is 2.15. The van der Waals surface area contributed by atoms with Gasteiger partial charge in [0.25, 0.3) is 0 Å². The van der Waals surface area contributed by atoms with E-state index in [2.05, 4.69) is 4.90 Å². The van der Waals surface area contributed by atoms with E-state index in [1.165, 1.54) is 0 Å². The van der Waals surface area contributed by atoms with Crippen molar-refractivity contribution in [3.63, 3.8) is 0 Å². The second-order valence-electron chi connectivity index (χ2n) is 7.25. The molecule has 6 heteroatoms. The fourth-order valence-corrected chi connectivity index (χ4v) is 4.03. The van der Waals surface area contributed by atoms with Gasteiger partial charge in [0.2, 0.25) is 11.8 Å². The molecule has 0 aliphatic carbocycles. The minimum absolute atomic E-state index is 0.0902. The lowest BCUT2D eigenvalue weighted by atomic mass is 9.86. The summed E-state index contributed by atoms with van der Waals surface area (Å²) < 4.78 is 5.72. The number of carbonyl (C=O) groups excluding carboxylic acids is 2. The van der Waals surface area contributed by atoms with Gasteiger partial charge in [-0.25, -0.2) is 0 Å². The Kier molecular flexibility index (Phi) is 4.67. The van der Waals surface area contributed by atoms with Crippen LogP contribution in [0.4, 0.5) is 0 Å². The summed E-state index contributed by atoms with van der Waals surface area (Å²) in [7, 11) is 0. The number of rotatable bonds is 3. The van der Waals surface area contributed by atoms with Gasteiger partial charge in [0.05, 0.1) is 6.54 Å². The van der Waals surface area contributed by atoms with E-state index in [1.807, 2.05) is 35.8 Å². The average molecular weight is 333 g/mol. The van der Waals surface area contributed by atoms with Gasteiger partial charge >= 0.3 is 0 Å². The highest BCUT2D eigenvalue weighted by Crippen LogP contribution is 2.35. The number of hydrogen-bond acceptors (Lipinski definition) is 4. The van der Waals surface area contributed by atoms with E-state index >= 15 is 0 Å². The summed E-state index contributed by atoms with van der Waals surface area (Å²) in [6.45, 7) is 10.8. The van der Waals surface area contributed by atoms with E-state index in [9.17, 15) is 9.59 Å². The molecule has 2 aliphatic rings. The normalized spacial score (nSPS) is 25.5. The largest absolute Gasteiger partial charge is 0.465 e. The van der Waals surface area contributed by atoms with Crippen LogP contribution >= 0.6 is 0 Å². The van der Waals surface area contributed by atoms with Crippen LogP contribution in [0, 0.1) is 12.3 Å². The highest BCUT2D eigenvalue weighted by atomic mass is 16.3. The third-order valence-corrected chi connectivity index (χ3v) is 5.18. The van der Waals surface area contributed by atoms with Gasteiger partial charge in [0.1, 0.15) is 11.5 Å². The Labute approximate surface area is 143 Å². The van der Waals surface area contributed by atoms with Crippen LogP contribution in [0.25, 0.3) is 0 Å². The molecule has 1 atom stereocenters. The van der Waals surface area contributed by atoms with E-state index in [1.54, 1.807) is 6.92 Å². The number of furan rings is 1. The number of likely N-dealkylation sites (tertiary alicyclic amines) is 1. The zero-order valence-electron chi connectivity index (χ0n) is 14.9. The first-order chi connectivity index (χ1) is 11.4. The Morgan fingerprint density at radius 1 is 1.25 bits per heavy atom. The van der Waals surface area contributed by atoms with Gasteiger partial charge in [-0.1, -0.05) is 0 Å². The van der Waals surface area contributed by atoms with Crippen molar-refractivity contribution < 1.29 is 14.0 Å². The van der Waals surface area contributed by atoms with E-state index < -0.39 is 0 Å². The molecule has 0 saturated carbocycles. The van der Waals surface area contributed by atoms with Crippen LogP contribution in [0.15, 0.2) is 16.5 Å². The van der Waals surface area contributed by atoms with Crippen molar-refractivity contribution in [3.8, 4) is 0 Å². The van der Waals surface area contributed by atoms with Crippen LogP contribution in [0.3, 0.4) is 0 Å². The van der Waals surface area contributed by atoms with Gasteiger partial charge in [0.15, 0.2) is 0 Å². The number of aryl methyl sites for hydroxylation is 1. The molecule has 24 heavy (non-hydrogen) atoms. The topological polar surface area (TPSA) is 57.0 Å². The number of amides is 2. The van der Waals surface area contributed by atoms with Gasteiger partial charge in [-0.2, -0.15) is 0 Å². The Hall–Kier alpha value is -1.82. The van der Waals surface area contributed by atoms with Crippen LogP contribution in [0.1, 0.15) is 31.8 Å². The summed E-state index contributed by atoms with van der Waals surface area (Å²) in [5, 5.41) is 0. The maximum atomic E-state index is 12.3. The maximum Gasteiger partial charge on any atom is 0.223 e. The molecule has 0 aromatic carbocycles. The maximum absolute atomic E-state index is 12.3. The second kappa shape index (κ2) is 6.59. The van der Waals surface area contributed by atoms with Crippen molar-refractivity contribution in [1.29, 1.82) is 0 Å². The van der Waals surface area contributed by atoms with Crippen LogP contribution in [-0.4, -0.2) is 65.8 Å². The lowest BCUT2D eigenvalue weighted by Crippen LogP contribution is -2.43. The Bertz CT molecular complexity index is 627. The molecule has 1 aromatic rings. The van der Waals surface area contributed by atoms with Crippen molar-refractivity contribution in [2.24, 2.45) is 5.41 Å². The van der Waals surface area contributed by atoms with Crippen molar-refractivity contribution in [1.82, 2.24) is 14.7 Å². The zero-order chi connectivity index (χ0) is 17.3. The van der Waals surface area contributed by atoms with E-state index in [0.29, 0.717) is 19.5 Å². The molecule has 3 heterocycles. The molecule has 2 amide bonds. The first-order valence-electron chi connectivity index (χ1n) is 8.72. The smallest absolute Gasteiger partial charge is 0.223 e. The summed E-state index contributed by atoms with van der Waals surface area (Å²) in [4.78, 5) is 30.4. The number of hydrogen-bond donors (Lipinski definition) is 0. The van der Waals surface area contributed by atoms with Crippen molar-refractivity contribution in [3.05, 3.63) is 23.7 Å². The molecule has 0 bridgehead atoms. The third-order valence-electron chi connectivity index (χ3n) is 5.18.